The Balaban J connectivity index is 1.67. The zero-order chi connectivity index (χ0) is 20.8. The molecule has 0 bridgehead atoms. The predicted octanol–water partition coefficient (Wildman–Crippen LogP) is 4.04. The minimum atomic E-state index is -0.281. The molecule has 7 nitrogen and oxygen atoms in total. The maximum absolute atomic E-state index is 12.4. The predicted molar refractivity (Wildman–Crippen MR) is 114 cm³/mol. The average molecular weight is 460 g/mol. The molecule has 0 aliphatic rings. The highest BCUT2D eigenvalue weighted by Gasteiger charge is 2.14. The number of benzene rings is 2. The molecule has 0 radical (unpaired) electrons. The number of carbonyl (C=O) groups excluding carboxylic acids is 1. The number of aromatic nitrogens is 2. The van der Waals surface area contributed by atoms with Crippen molar-refractivity contribution < 1.29 is 19.0 Å². The van der Waals surface area contributed by atoms with Crippen molar-refractivity contribution in [3.63, 3.8) is 0 Å². The van der Waals surface area contributed by atoms with Crippen LogP contribution in [0.3, 0.4) is 0 Å². The Hall–Kier alpha value is -3.00. The third-order valence-corrected chi connectivity index (χ3v) is 4.85. The molecule has 0 saturated carbocycles. The minimum Gasteiger partial charge on any atom is -0.493 e. The number of carbonyl (C=O) groups is 1. The molecular weight excluding hydrogens is 438 g/mol. The van der Waals surface area contributed by atoms with E-state index in [1.807, 2.05) is 43.3 Å². The molecule has 3 rings (SSSR count). The molecule has 0 spiro atoms. The van der Waals surface area contributed by atoms with Crippen LogP contribution in [-0.2, 0) is 11.3 Å². The lowest BCUT2D eigenvalue weighted by Gasteiger charge is -2.14. The molecule has 1 heterocycles. The average Bonchev–Trinajstić information content (AvgIpc) is 3.13. The van der Waals surface area contributed by atoms with Gasteiger partial charge in [-0.25, -0.2) is 4.68 Å². The summed E-state index contributed by atoms with van der Waals surface area (Å²) in [4.78, 5) is 12.4. The van der Waals surface area contributed by atoms with Crippen LogP contribution in [-0.4, -0.2) is 36.5 Å². The van der Waals surface area contributed by atoms with Crippen LogP contribution in [0.4, 0.5) is 5.82 Å². The number of hydrogen-bond acceptors (Lipinski definition) is 5. The molecule has 0 fully saturated rings. The SMILES string of the molecule is COc1cccc(Cn2nccc2NC(=O)COc2ccc(C)cc2Br)c1OC. The zero-order valence-corrected chi connectivity index (χ0v) is 18.0. The van der Waals surface area contributed by atoms with Gasteiger partial charge < -0.3 is 19.5 Å². The smallest absolute Gasteiger partial charge is 0.263 e. The number of anilines is 1. The first-order chi connectivity index (χ1) is 14.0. The molecule has 1 aromatic heterocycles. The van der Waals surface area contributed by atoms with Crippen LogP contribution in [0.2, 0.25) is 0 Å². The quantitative estimate of drug-likeness (QED) is 0.550. The number of ether oxygens (including phenoxy) is 3. The standard InChI is InChI=1S/C21H22BrN3O4/c1-14-7-8-17(16(22)11-14)29-13-20(26)24-19-9-10-23-25(19)12-15-5-4-6-18(27-2)21(15)28-3/h4-11H,12-13H2,1-3H3,(H,24,26). The molecule has 1 amide bonds. The van der Waals surface area contributed by atoms with Crippen LogP contribution in [0.15, 0.2) is 53.1 Å². The number of rotatable bonds is 8. The molecule has 29 heavy (non-hydrogen) atoms. The third-order valence-electron chi connectivity index (χ3n) is 4.23. The second-order valence-corrected chi connectivity index (χ2v) is 7.15. The molecule has 0 saturated heterocycles. The van der Waals surface area contributed by atoms with Crippen LogP contribution in [0.5, 0.6) is 17.2 Å². The Bertz CT molecular complexity index is 1000. The highest BCUT2D eigenvalue weighted by Crippen LogP contribution is 2.31. The van der Waals surface area contributed by atoms with Crippen LogP contribution < -0.4 is 19.5 Å². The fourth-order valence-electron chi connectivity index (χ4n) is 2.85. The van der Waals surface area contributed by atoms with Crippen LogP contribution in [0.25, 0.3) is 0 Å². The summed E-state index contributed by atoms with van der Waals surface area (Å²) in [5.41, 5.74) is 1.98. The van der Waals surface area contributed by atoms with Crippen molar-refractivity contribution in [3.8, 4) is 17.2 Å². The van der Waals surface area contributed by atoms with Crippen molar-refractivity contribution in [3.05, 3.63) is 64.3 Å². The highest BCUT2D eigenvalue weighted by molar-refractivity contribution is 9.10. The van der Waals surface area contributed by atoms with E-state index in [9.17, 15) is 4.79 Å². The molecule has 3 aromatic rings. The van der Waals surface area contributed by atoms with Gasteiger partial charge in [0.05, 0.1) is 31.4 Å². The van der Waals surface area contributed by atoms with Gasteiger partial charge in [0, 0.05) is 11.6 Å². The minimum absolute atomic E-state index is 0.116. The lowest BCUT2D eigenvalue weighted by Crippen LogP contribution is -2.22. The van der Waals surface area contributed by atoms with Gasteiger partial charge >= 0.3 is 0 Å². The fourth-order valence-corrected chi connectivity index (χ4v) is 3.46. The van der Waals surface area contributed by atoms with E-state index in [1.54, 1.807) is 31.2 Å². The van der Waals surface area contributed by atoms with Crippen molar-refractivity contribution in [2.75, 3.05) is 26.1 Å². The van der Waals surface area contributed by atoms with Gasteiger partial charge in [-0.15, -0.1) is 0 Å². The first-order valence-electron chi connectivity index (χ1n) is 8.92. The van der Waals surface area contributed by atoms with E-state index in [0.717, 1.165) is 15.6 Å². The number of nitrogens with one attached hydrogen (secondary N) is 1. The number of halogens is 1. The summed E-state index contributed by atoms with van der Waals surface area (Å²) in [5, 5.41) is 7.12. The Kier molecular flexibility index (Phi) is 6.77. The van der Waals surface area contributed by atoms with Gasteiger partial charge in [-0.2, -0.15) is 5.10 Å². The first kappa shape index (κ1) is 20.7. The van der Waals surface area contributed by atoms with E-state index < -0.39 is 0 Å². The van der Waals surface area contributed by atoms with E-state index in [-0.39, 0.29) is 12.5 Å². The molecular formula is C21H22BrN3O4. The third kappa shape index (κ3) is 5.08. The summed E-state index contributed by atoms with van der Waals surface area (Å²) in [7, 11) is 3.18. The highest BCUT2D eigenvalue weighted by atomic mass is 79.9. The van der Waals surface area contributed by atoms with Crippen LogP contribution >= 0.6 is 15.9 Å². The topological polar surface area (TPSA) is 74.6 Å². The summed E-state index contributed by atoms with van der Waals surface area (Å²) in [5.74, 6) is 2.17. The maximum Gasteiger partial charge on any atom is 0.263 e. The Morgan fingerprint density at radius 3 is 2.69 bits per heavy atom. The Morgan fingerprint density at radius 1 is 1.14 bits per heavy atom. The summed E-state index contributed by atoms with van der Waals surface area (Å²) >= 11 is 3.44. The van der Waals surface area contributed by atoms with E-state index in [4.69, 9.17) is 14.2 Å². The van der Waals surface area contributed by atoms with E-state index >= 15 is 0 Å². The second-order valence-electron chi connectivity index (χ2n) is 6.30. The zero-order valence-electron chi connectivity index (χ0n) is 16.4. The summed E-state index contributed by atoms with van der Waals surface area (Å²) in [6, 6.07) is 13.0. The molecule has 152 valence electrons. The molecule has 1 N–H and O–H groups in total. The molecule has 0 unspecified atom stereocenters. The summed E-state index contributed by atoms with van der Waals surface area (Å²) in [6.45, 7) is 2.28. The van der Waals surface area contributed by atoms with Gasteiger partial charge in [0.1, 0.15) is 11.6 Å². The monoisotopic (exact) mass is 459 g/mol. The second kappa shape index (κ2) is 9.47. The van der Waals surface area contributed by atoms with Crippen LogP contribution in [0.1, 0.15) is 11.1 Å². The van der Waals surface area contributed by atoms with Crippen molar-refractivity contribution in [1.82, 2.24) is 9.78 Å². The van der Waals surface area contributed by atoms with Gasteiger partial charge in [0.15, 0.2) is 18.1 Å². The Labute approximate surface area is 177 Å². The number of nitrogens with zero attached hydrogens (tertiary/aromatic N) is 2. The lowest BCUT2D eigenvalue weighted by atomic mass is 10.2. The number of amides is 1. The van der Waals surface area contributed by atoms with Gasteiger partial charge in [0.2, 0.25) is 0 Å². The van der Waals surface area contributed by atoms with Crippen LogP contribution in [0, 0.1) is 6.92 Å². The normalized spacial score (nSPS) is 10.5. The molecule has 0 aliphatic heterocycles. The van der Waals surface area contributed by atoms with E-state index in [2.05, 4.69) is 26.3 Å². The number of hydrogen-bond donors (Lipinski definition) is 1. The summed E-state index contributed by atoms with van der Waals surface area (Å²) < 4.78 is 18.9. The first-order valence-corrected chi connectivity index (χ1v) is 9.71. The molecule has 2 aromatic carbocycles. The van der Waals surface area contributed by atoms with Gasteiger partial charge in [-0.3, -0.25) is 4.79 Å². The van der Waals surface area contributed by atoms with Crippen molar-refractivity contribution in [2.45, 2.75) is 13.5 Å². The van der Waals surface area contributed by atoms with Crippen molar-refractivity contribution in [1.29, 1.82) is 0 Å². The van der Waals surface area contributed by atoms with Crippen molar-refractivity contribution in [2.24, 2.45) is 0 Å². The number of methoxy groups -OCH3 is 2. The van der Waals surface area contributed by atoms with Gasteiger partial charge in [-0.05, 0) is 46.6 Å². The lowest BCUT2D eigenvalue weighted by molar-refractivity contribution is -0.118. The summed E-state index contributed by atoms with van der Waals surface area (Å²) in [6.07, 6.45) is 1.62. The maximum atomic E-state index is 12.4. The van der Waals surface area contributed by atoms with Crippen molar-refractivity contribution >= 4 is 27.7 Å². The largest absolute Gasteiger partial charge is 0.493 e. The van der Waals surface area contributed by atoms with E-state index in [1.165, 1.54) is 0 Å². The number of aryl methyl sites for hydroxylation is 1. The van der Waals surface area contributed by atoms with Gasteiger partial charge in [0.25, 0.3) is 5.91 Å². The molecule has 8 heteroatoms. The number of para-hydroxylation sites is 1. The van der Waals surface area contributed by atoms with Gasteiger partial charge in [-0.1, -0.05) is 18.2 Å². The Morgan fingerprint density at radius 2 is 1.97 bits per heavy atom. The van der Waals surface area contributed by atoms with E-state index in [0.29, 0.717) is 29.6 Å². The molecule has 0 atom stereocenters. The molecule has 0 aliphatic carbocycles. The fraction of sp³-hybridized carbons (Fsp3) is 0.238.